The van der Waals surface area contributed by atoms with Gasteiger partial charge in [-0.1, -0.05) is 18.2 Å². The minimum atomic E-state index is 0.0489. The van der Waals surface area contributed by atoms with E-state index in [1.807, 2.05) is 23.1 Å². The Morgan fingerprint density at radius 2 is 1.84 bits per heavy atom. The lowest BCUT2D eigenvalue weighted by molar-refractivity contribution is 0.0762. The highest BCUT2D eigenvalue weighted by atomic mass is 16.7. The number of benzene rings is 2. The average Bonchev–Trinajstić information content (AvgIpc) is 3.19. The van der Waals surface area contributed by atoms with Crippen LogP contribution in [0, 0.1) is 0 Å². The molecule has 5 heteroatoms. The topological polar surface area (TPSA) is 54.6 Å². The van der Waals surface area contributed by atoms with E-state index in [0.717, 1.165) is 19.4 Å². The van der Waals surface area contributed by atoms with Crippen LogP contribution < -0.4 is 9.47 Å². The molecule has 0 saturated heterocycles. The standard InChI is InChI=1S/C20H18N2O3/c23-20(13-5-6-18-19(11-13)25-12-24-18)22-9-7-15-14-3-1-2-4-16(14)21-17(15)8-10-22/h1-6,11,21H,7-10,12H2. The van der Waals surface area contributed by atoms with Crippen LogP contribution in [-0.4, -0.2) is 35.7 Å². The molecule has 0 fully saturated rings. The van der Waals surface area contributed by atoms with Crippen molar-refractivity contribution in [1.29, 1.82) is 0 Å². The fourth-order valence-corrected chi connectivity index (χ4v) is 3.78. The smallest absolute Gasteiger partial charge is 0.254 e. The molecule has 0 saturated carbocycles. The molecule has 0 spiro atoms. The lowest BCUT2D eigenvalue weighted by atomic mass is 10.1. The van der Waals surface area contributed by atoms with Gasteiger partial charge < -0.3 is 19.4 Å². The third kappa shape index (κ3) is 2.35. The molecular weight excluding hydrogens is 316 g/mol. The molecule has 3 aromatic rings. The number of hydrogen-bond donors (Lipinski definition) is 1. The van der Waals surface area contributed by atoms with Gasteiger partial charge in [0.1, 0.15) is 0 Å². The van der Waals surface area contributed by atoms with Crippen LogP contribution in [0.1, 0.15) is 21.6 Å². The summed E-state index contributed by atoms with van der Waals surface area (Å²) in [7, 11) is 0. The largest absolute Gasteiger partial charge is 0.454 e. The Kier molecular flexibility index (Phi) is 3.20. The maximum Gasteiger partial charge on any atom is 0.254 e. The van der Waals surface area contributed by atoms with Crippen LogP contribution in [0.5, 0.6) is 11.5 Å². The third-order valence-corrected chi connectivity index (χ3v) is 5.07. The van der Waals surface area contributed by atoms with Crippen molar-refractivity contribution in [3.63, 3.8) is 0 Å². The van der Waals surface area contributed by atoms with Crippen molar-refractivity contribution >= 4 is 16.8 Å². The Morgan fingerprint density at radius 1 is 1.00 bits per heavy atom. The summed E-state index contributed by atoms with van der Waals surface area (Å²) < 4.78 is 10.7. The van der Waals surface area contributed by atoms with Crippen LogP contribution in [0.15, 0.2) is 42.5 Å². The highest BCUT2D eigenvalue weighted by Gasteiger charge is 2.24. The molecule has 2 aliphatic rings. The summed E-state index contributed by atoms with van der Waals surface area (Å²) in [6.45, 7) is 1.66. The van der Waals surface area contributed by atoms with Gasteiger partial charge >= 0.3 is 0 Å². The van der Waals surface area contributed by atoms with Gasteiger partial charge in [-0.25, -0.2) is 0 Å². The second-order valence-corrected chi connectivity index (χ2v) is 6.49. The minimum absolute atomic E-state index is 0.0489. The van der Waals surface area contributed by atoms with E-state index in [9.17, 15) is 4.79 Å². The molecule has 0 bridgehead atoms. The van der Waals surface area contributed by atoms with Crippen LogP contribution in [0.4, 0.5) is 0 Å². The molecule has 1 amide bonds. The van der Waals surface area contributed by atoms with Crippen LogP contribution >= 0.6 is 0 Å². The van der Waals surface area contributed by atoms with Gasteiger partial charge in [-0.05, 0) is 36.2 Å². The van der Waals surface area contributed by atoms with Crippen molar-refractivity contribution in [3.05, 3.63) is 59.3 Å². The number of nitrogens with one attached hydrogen (secondary N) is 1. The number of H-pyrrole nitrogens is 1. The Hall–Kier alpha value is -2.95. The molecule has 126 valence electrons. The zero-order valence-electron chi connectivity index (χ0n) is 13.7. The summed E-state index contributed by atoms with van der Waals surface area (Å²) in [6, 6.07) is 13.8. The van der Waals surface area contributed by atoms with Crippen LogP contribution in [0.3, 0.4) is 0 Å². The Balaban J connectivity index is 1.40. The fourth-order valence-electron chi connectivity index (χ4n) is 3.78. The summed E-state index contributed by atoms with van der Waals surface area (Å²) in [5.41, 5.74) is 4.43. The van der Waals surface area contributed by atoms with E-state index in [2.05, 4.69) is 23.2 Å². The third-order valence-electron chi connectivity index (χ3n) is 5.07. The summed E-state index contributed by atoms with van der Waals surface area (Å²) in [5, 5.41) is 1.27. The van der Waals surface area contributed by atoms with Gasteiger partial charge in [0.15, 0.2) is 11.5 Å². The Morgan fingerprint density at radius 3 is 2.80 bits per heavy atom. The maximum atomic E-state index is 12.9. The number of fused-ring (bicyclic) bond motifs is 4. The van der Waals surface area contributed by atoms with Gasteiger partial charge in [0.2, 0.25) is 6.79 Å². The first-order valence-electron chi connectivity index (χ1n) is 8.57. The SMILES string of the molecule is O=C(c1ccc2c(c1)OCO2)N1CCc2[nH]c3ccccc3c2CC1. The molecule has 5 nitrogen and oxygen atoms in total. The quantitative estimate of drug-likeness (QED) is 0.744. The second kappa shape index (κ2) is 5.55. The number of rotatable bonds is 1. The number of carbonyl (C=O) groups is 1. The Labute approximate surface area is 145 Å². The summed E-state index contributed by atoms with van der Waals surface area (Å²) in [5.74, 6) is 1.40. The van der Waals surface area contributed by atoms with Crippen molar-refractivity contribution in [2.45, 2.75) is 12.8 Å². The van der Waals surface area contributed by atoms with Crippen molar-refractivity contribution in [3.8, 4) is 11.5 Å². The zero-order valence-corrected chi connectivity index (χ0v) is 13.7. The first kappa shape index (κ1) is 14.4. The van der Waals surface area contributed by atoms with Gasteiger partial charge in [0.05, 0.1) is 0 Å². The molecule has 2 aromatic carbocycles. The lowest BCUT2D eigenvalue weighted by Crippen LogP contribution is -2.33. The van der Waals surface area contributed by atoms with E-state index in [0.29, 0.717) is 23.6 Å². The molecule has 0 radical (unpaired) electrons. The second-order valence-electron chi connectivity index (χ2n) is 6.49. The maximum absolute atomic E-state index is 12.9. The summed E-state index contributed by atoms with van der Waals surface area (Å²) in [4.78, 5) is 18.4. The molecule has 2 aliphatic heterocycles. The Bertz CT molecular complexity index is 976. The number of hydrogen-bond acceptors (Lipinski definition) is 3. The molecule has 0 atom stereocenters. The van der Waals surface area contributed by atoms with Crippen molar-refractivity contribution in [2.24, 2.45) is 0 Å². The average molecular weight is 334 g/mol. The van der Waals surface area contributed by atoms with Crippen LogP contribution in [0.2, 0.25) is 0 Å². The summed E-state index contributed by atoms with van der Waals surface area (Å²) >= 11 is 0. The molecule has 0 unspecified atom stereocenters. The minimum Gasteiger partial charge on any atom is -0.454 e. The number of amides is 1. The predicted molar refractivity (Wildman–Crippen MR) is 94.2 cm³/mol. The van der Waals surface area contributed by atoms with E-state index in [1.54, 1.807) is 6.07 Å². The molecule has 5 rings (SSSR count). The molecule has 0 aliphatic carbocycles. The van der Waals surface area contributed by atoms with Gasteiger partial charge in [0.25, 0.3) is 5.91 Å². The molecule has 25 heavy (non-hydrogen) atoms. The number of nitrogens with zero attached hydrogens (tertiary/aromatic N) is 1. The first-order chi connectivity index (χ1) is 12.3. The normalized spacial score (nSPS) is 15.9. The molecule has 1 N–H and O–H groups in total. The highest BCUT2D eigenvalue weighted by molar-refractivity contribution is 5.95. The fraction of sp³-hybridized carbons (Fsp3) is 0.250. The number of ether oxygens (including phenoxy) is 2. The van der Waals surface area contributed by atoms with E-state index in [-0.39, 0.29) is 12.7 Å². The van der Waals surface area contributed by atoms with Crippen LogP contribution in [-0.2, 0) is 12.8 Å². The van der Waals surface area contributed by atoms with E-state index < -0.39 is 0 Å². The van der Waals surface area contributed by atoms with E-state index in [1.165, 1.54) is 22.2 Å². The molecule has 3 heterocycles. The zero-order chi connectivity index (χ0) is 16.8. The lowest BCUT2D eigenvalue weighted by Gasteiger charge is -2.20. The highest BCUT2D eigenvalue weighted by Crippen LogP contribution is 2.33. The molecule has 1 aromatic heterocycles. The number of aromatic nitrogens is 1. The summed E-state index contributed by atoms with van der Waals surface area (Å²) in [6.07, 6.45) is 1.72. The number of aromatic amines is 1. The van der Waals surface area contributed by atoms with Crippen LogP contribution in [0.25, 0.3) is 10.9 Å². The van der Waals surface area contributed by atoms with Gasteiger partial charge in [-0.15, -0.1) is 0 Å². The van der Waals surface area contributed by atoms with Crippen molar-refractivity contribution in [2.75, 3.05) is 19.9 Å². The van der Waals surface area contributed by atoms with E-state index >= 15 is 0 Å². The first-order valence-corrected chi connectivity index (χ1v) is 8.57. The van der Waals surface area contributed by atoms with E-state index in [4.69, 9.17) is 9.47 Å². The van der Waals surface area contributed by atoms with Gasteiger partial charge in [-0.2, -0.15) is 0 Å². The predicted octanol–water partition coefficient (Wildman–Crippen LogP) is 3.14. The molecular formula is C20H18N2O3. The monoisotopic (exact) mass is 334 g/mol. The number of carbonyl (C=O) groups excluding carboxylic acids is 1. The van der Waals surface area contributed by atoms with Gasteiger partial charge in [0, 0.05) is 41.7 Å². The van der Waals surface area contributed by atoms with Crippen molar-refractivity contribution < 1.29 is 14.3 Å². The van der Waals surface area contributed by atoms with Crippen molar-refractivity contribution in [1.82, 2.24) is 9.88 Å². The number of para-hydroxylation sites is 1. The van der Waals surface area contributed by atoms with Gasteiger partial charge in [-0.3, -0.25) is 4.79 Å².